The molecule has 3 nitrogen and oxygen atoms in total. The molecule has 2 heterocycles. The van der Waals surface area contributed by atoms with Crippen LogP contribution in [0.5, 0.6) is 0 Å². The second-order valence-electron chi connectivity index (χ2n) is 7.90. The third kappa shape index (κ3) is 4.46. The highest BCUT2D eigenvalue weighted by molar-refractivity contribution is 7.16. The fourth-order valence-electron chi connectivity index (χ4n) is 4.21. The van der Waals surface area contributed by atoms with Crippen molar-refractivity contribution in [1.82, 2.24) is 4.90 Å². The number of amides is 1. The highest BCUT2D eigenvalue weighted by Gasteiger charge is 2.30. The number of anilines is 1. The molecule has 1 unspecified atom stereocenters. The summed E-state index contributed by atoms with van der Waals surface area (Å²) in [5.41, 5.74) is 4.37. The van der Waals surface area contributed by atoms with Crippen molar-refractivity contribution in [3.8, 4) is 0 Å². The van der Waals surface area contributed by atoms with Crippen LogP contribution in [0.3, 0.4) is 0 Å². The van der Waals surface area contributed by atoms with E-state index in [0.717, 1.165) is 23.1 Å². The van der Waals surface area contributed by atoms with E-state index in [9.17, 15) is 4.79 Å². The van der Waals surface area contributed by atoms with Gasteiger partial charge in [0.2, 0.25) is 0 Å². The van der Waals surface area contributed by atoms with Crippen molar-refractivity contribution in [3.05, 3.63) is 86.8 Å². The van der Waals surface area contributed by atoms with Crippen LogP contribution in [-0.2, 0) is 0 Å². The Bertz CT molecular complexity index is 1010. The summed E-state index contributed by atoms with van der Waals surface area (Å²) in [5, 5.41) is 4.91. The fourth-order valence-corrected chi connectivity index (χ4v) is 5.43. The summed E-state index contributed by atoms with van der Waals surface area (Å²) in [4.78, 5) is 16.7. The van der Waals surface area contributed by atoms with E-state index in [-0.39, 0.29) is 11.9 Å². The van der Waals surface area contributed by atoms with Crippen LogP contribution in [0, 0.1) is 13.8 Å². The molecule has 0 saturated carbocycles. The number of rotatable bonds is 5. The van der Waals surface area contributed by atoms with Gasteiger partial charge in [-0.25, -0.2) is 0 Å². The third-order valence-corrected chi connectivity index (χ3v) is 7.30. The van der Waals surface area contributed by atoms with Crippen LogP contribution in [0.4, 0.5) is 5.00 Å². The van der Waals surface area contributed by atoms with E-state index in [0.29, 0.717) is 5.56 Å². The monoisotopic (exact) mass is 438 g/mol. The first-order valence-corrected chi connectivity index (χ1v) is 11.7. The minimum Gasteiger partial charge on any atom is -0.313 e. The summed E-state index contributed by atoms with van der Waals surface area (Å²) in [5.74, 6) is -0.0633. The van der Waals surface area contributed by atoms with E-state index in [4.69, 9.17) is 11.6 Å². The van der Waals surface area contributed by atoms with Crippen LogP contribution in [-0.4, -0.2) is 23.9 Å². The van der Waals surface area contributed by atoms with Crippen molar-refractivity contribution < 1.29 is 4.79 Å². The number of hydrogen-bond acceptors (Lipinski definition) is 3. The summed E-state index contributed by atoms with van der Waals surface area (Å²) >= 11 is 7.85. The molecule has 0 spiro atoms. The molecule has 0 bridgehead atoms. The Morgan fingerprint density at radius 1 is 1.00 bits per heavy atom. The van der Waals surface area contributed by atoms with Crippen molar-refractivity contribution >= 4 is 33.8 Å². The van der Waals surface area contributed by atoms with E-state index in [2.05, 4.69) is 36.2 Å². The lowest BCUT2D eigenvalue weighted by molar-refractivity contribution is 0.102. The highest BCUT2D eigenvalue weighted by atomic mass is 35.5. The molecule has 1 aliphatic rings. The van der Waals surface area contributed by atoms with Gasteiger partial charge >= 0.3 is 0 Å². The normalized spacial score (nSPS) is 15.7. The Balaban J connectivity index is 1.76. The standard InChI is InChI=1S/C25H27ClN2OS/c1-17-18(2)30-25(27-24(29)20-9-5-3-6-10-20)22(17)23(28-15-7-4-8-16-28)19-11-13-21(26)14-12-19/h3,5-6,9-14,23H,4,7-8,15-16H2,1-2H3,(H,27,29). The van der Waals surface area contributed by atoms with Crippen LogP contribution in [0.25, 0.3) is 0 Å². The molecule has 30 heavy (non-hydrogen) atoms. The number of carbonyl (C=O) groups is 1. The Hall–Kier alpha value is -2.14. The van der Waals surface area contributed by atoms with Gasteiger partial charge in [-0.2, -0.15) is 0 Å². The second kappa shape index (κ2) is 9.34. The molecule has 4 rings (SSSR count). The zero-order valence-corrected chi connectivity index (χ0v) is 19.0. The molecular formula is C25H27ClN2OS. The molecule has 3 aromatic rings. The molecule has 5 heteroatoms. The number of thiophene rings is 1. The third-order valence-electron chi connectivity index (χ3n) is 5.91. The molecular weight excluding hydrogens is 412 g/mol. The van der Waals surface area contributed by atoms with Crippen molar-refractivity contribution in [2.75, 3.05) is 18.4 Å². The minimum atomic E-state index is -0.0633. The number of aryl methyl sites for hydroxylation is 1. The predicted molar refractivity (Wildman–Crippen MR) is 127 cm³/mol. The van der Waals surface area contributed by atoms with Gasteiger partial charge in [-0.3, -0.25) is 9.69 Å². The van der Waals surface area contributed by atoms with Gasteiger partial charge in [0.15, 0.2) is 0 Å². The molecule has 1 N–H and O–H groups in total. The fraction of sp³-hybridized carbons (Fsp3) is 0.320. The summed E-state index contributed by atoms with van der Waals surface area (Å²) in [6, 6.07) is 17.7. The largest absolute Gasteiger partial charge is 0.313 e. The molecule has 1 aromatic heterocycles. The molecule has 1 amide bonds. The molecule has 2 aromatic carbocycles. The van der Waals surface area contributed by atoms with Crippen LogP contribution >= 0.6 is 22.9 Å². The van der Waals surface area contributed by atoms with E-state index >= 15 is 0 Å². The number of hydrogen-bond donors (Lipinski definition) is 1. The van der Waals surface area contributed by atoms with Crippen LogP contribution in [0.1, 0.15) is 57.2 Å². The minimum absolute atomic E-state index is 0.0633. The molecule has 0 radical (unpaired) electrons. The van der Waals surface area contributed by atoms with Gasteiger partial charge in [-0.1, -0.05) is 48.4 Å². The first kappa shape index (κ1) is 21.1. The number of likely N-dealkylation sites (tertiary alicyclic amines) is 1. The first-order chi connectivity index (χ1) is 14.5. The highest BCUT2D eigenvalue weighted by Crippen LogP contribution is 2.43. The Kier molecular flexibility index (Phi) is 6.57. The zero-order chi connectivity index (χ0) is 21.1. The molecule has 0 aliphatic carbocycles. The number of nitrogens with zero attached hydrogens (tertiary/aromatic N) is 1. The molecule has 1 atom stereocenters. The second-order valence-corrected chi connectivity index (χ2v) is 9.56. The summed E-state index contributed by atoms with van der Waals surface area (Å²) < 4.78 is 0. The van der Waals surface area contributed by atoms with Crippen molar-refractivity contribution in [1.29, 1.82) is 0 Å². The number of carbonyl (C=O) groups excluding carboxylic acids is 1. The van der Waals surface area contributed by atoms with Crippen molar-refractivity contribution in [2.24, 2.45) is 0 Å². The summed E-state index contributed by atoms with van der Waals surface area (Å²) in [6.07, 6.45) is 3.69. The van der Waals surface area contributed by atoms with Gasteiger partial charge in [-0.15, -0.1) is 11.3 Å². The smallest absolute Gasteiger partial charge is 0.256 e. The van der Waals surface area contributed by atoms with Gasteiger partial charge in [0.1, 0.15) is 5.00 Å². The Morgan fingerprint density at radius 2 is 1.67 bits per heavy atom. The lowest BCUT2D eigenvalue weighted by Gasteiger charge is -2.36. The van der Waals surface area contributed by atoms with E-state index in [1.54, 1.807) is 11.3 Å². The van der Waals surface area contributed by atoms with Crippen molar-refractivity contribution in [2.45, 2.75) is 39.2 Å². The lowest BCUT2D eigenvalue weighted by atomic mass is 9.93. The van der Waals surface area contributed by atoms with E-state index < -0.39 is 0 Å². The number of nitrogens with one attached hydrogen (secondary N) is 1. The zero-order valence-electron chi connectivity index (χ0n) is 17.5. The topological polar surface area (TPSA) is 32.3 Å². The maximum absolute atomic E-state index is 12.9. The molecule has 1 fully saturated rings. The summed E-state index contributed by atoms with van der Waals surface area (Å²) in [6.45, 7) is 6.43. The van der Waals surface area contributed by atoms with Crippen LogP contribution < -0.4 is 5.32 Å². The van der Waals surface area contributed by atoms with Gasteiger partial charge in [0.05, 0.1) is 6.04 Å². The van der Waals surface area contributed by atoms with Crippen LogP contribution in [0.15, 0.2) is 54.6 Å². The average Bonchev–Trinajstić information content (AvgIpc) is 3.04. The van der Waals surface area contributed by atoms with Gasteiger partial charge in [0, 0.05) is 21.0 Å². The first-order valence-electron chi connectivity index (χ1n) is 10.5. The van der Waals surface area contributed by atoms with Gasteiger partial charge in [0.25, 0.3) is 5.91 Å². The van der Waals surface area contributed by atoms with Gasteiger partial charge < -0.3 is 5.32 Å². The molecule has 1 saturated heterocycles. The predicted octanol–water partition coefficient (Wildman–Crippen LogP) is 6.85. The quantitative estimate of drug-likeness (QED) is 0.472. The van der Waals surface area contributed by atoms with E-state index in [1.807, 2.05) is 42.5 Å². The van der Waals surface area contributed by atoms with Gasteiger partial charge in [-0.05, 0) is 75.2 Å². The maximum atomic E-state index is 12.9. The number of halogens is 1. The Labute approximate surface area is 187 Å². The average molecular weight is 439 g/mol. The SMILES string of the molecule is Cc1sc(NC(=O)c2ccccc2)c(C(c2ccc(Cl)cc2)N2CCCCC2)c1C. The van der Waals surface area contributed by atoms with Crippen molar-refractivity contribution in [3.63, 3.8) is 0 Å². The van der Waals surface area contributed by atoms with Crippen LogP contribution in [0.2, 0.25) is 5.02 Å². The van der Waals surface area contributed by atoms with E-state index in [1.165, 1.54) is 40.8 Å². The summed E-state index contributed by atoms with van der Waals surface area (Å²) in [7, 11) is 0. The maximum Gasteiger partial charge on any atom is 0.256 e. The Morgan fingerprint density at radius 3 is 2.33 bits per heavy atom. The molecule has 156 valence electrons. The lowest BCUT2D eigenvalue weighted by Crippen LogP contribution is -2.35. The number of piperidine rings is 1. The number of benzene rings is 2. The molecule has 1 aliphatic heterocycles.